The van der Waals surface area contributed by atoms with Gasteiger partial charge >= 0.3 is 0 Å². The summed E-state index contributed by atoms with van der Waals surface area (Å²) in [5.41, 5.74) is 0. The minimum absolute atomic E-state index is 0.566. The van der Waals surface area contributed by atoms with Crippen LogP contribution in [-0.4, -0.2) is 16.6 Å². The average Bonchev–Trinajstić information content (AvgIpc) is 2.30. The predicted octanol–water partition coefficient (Wildman–Crippen LogP) is 3.94. The number of ether oxygens (including phenoxy) is 1. The highest BCUT2D eigenvalue weighted by Gasteiger charge is 2.29. The fraction of sp³-hybridized carbons (Fsp3) is 1.00. The van der Waals surface area contributed by atoms with Crippen LogP contribution in [0.4, 0.5) is 0 Å². The minimum atomic E-state index is 0.566. The van der Waals surface area contributed by atoms with Gasteiger partial charge < -0.3 is 4.74 Å². The number of alkyl halides is 1. The molecule has 1 saturated carbocycles. The van der Waals surface area contributed by atoms with Gasteiger partial charge in [-0.25, -0.2) is 0 Å². The van der Waals surface area contributed by atoms with Gasteiger partial charge in [0, 0.05) is 4.43 Å². The Morgan fingerprint density at radius 2 is 1.71 bits per heavy atom. The molecule has 0 radical (unpaired) electrons. The number of hydrogen-bond acceptors (Lipinski definition) is 1. The lowest BCUT2D eigenvalue weighted by Crippen LogP contribution is -2.35. The molecule has 0 aromatic carbocycles. The zero-order valence-electron chi connectivity index (χ0n) is 8.88. The molecule has 2 fully saturated rings. The molecule has 1 nitrogen and oxygen atoms in total. The van der Waals surface area contributed by atoms with Crippen LogP contribution in [0.15, 0.2) is 0 Å². The molecule has 0 amide bonds. The van der Waals surface area contributed by atoms with Crippen molar-refractivity contribution < 1.29 is 4.74 Å². The summed E-state index contributed by atoms with van der Waals surface area (Å²) in [6.45, 7) is 0. The Labute approximate surface area is 101 Å². The second kappa shape index (κ2) is 5.69. The molecule has 2 heteroatoms. The molecule has 1 heterocycles. The van der Waals surface area contributed by atoms with Gasteiger partial charge in [-0.15, -0.1) is 0 Å². The van der Waals surface area contributed by atoms with Crippen molar-refractivity contribution in [3.63, 3.8) is 0 Å². The maximum Gasteiger partial charge on any atom is 0.0668 e. The minimum Gasteiger partial charge on any atom is -0.374 e. The molecule has 2 atom stereocenters. The standard InChI is InChI=1S/C12H21IO/c13-9-11-7-4-8-12(14-11)10-5-2-1-3-6-10/h10-12H,1-9H2. The van der Waals surface area contributed by atoms with Crippen LogP contribution >= 0.6 is 22.6 Å². The van der Waals surface area contributed by atoms with Crippen molar-refractivity contribution in [3.05, 3.63) is 0 Å². The largest absolute Gasteiger partial charge is 0.374 e. The van der Waals surface area contributed by atoms with E-state index in [0.29, 0.717) is 12.2 Å². The van der Waals surface area contributed by atoms with Crippen molar-refractivity contribution >= 4 is 22.6 Å². The Morgan fingerprint density at radius 1 is 0.929 bits per heavy atom. The van der Waals surface area contributed by atoms with Crippen molar-refractivity contribution in [2.45, 2.75) is 63.6 Å². The highest BCUT2D eigenvalue weighted by atomic mass is 127. The molecule has 2 unspecified atom stereocenters. The van der Waals surface area contributed by atoms with E-state index < -0.39 is 0 Å². The fourth-order valence-electron chi connectivity index (χ4n) is 2.90. The molecule has 2 aliphatic rings. The van der Waals surface area contributed by atoms with Crippen molar-refractivity contribution in [1.29, 1.82) is 0 Å². The summed E-state index contributed by atoms with van der Waals surface area (Å²) in [4.78, 5) is 0. The van der Waals surface area contributed by atoms with Gasteiger partial charge in [0.05, 0.1) is 12.2 Å². The molecule has 82 valence electrons. The summed E-state index contributed by atoms with van der Waals surface area (Å²) in [6.07, 6.45) is 12.4. The van der Waals surface area contributed by atoms with Gasteiger partial charge in [0.1, 0.15) is 0 Å². The van der Waals surface area contributed by atoms with E-state index in [2.05, 4.69) is 22.6 Å². The highest BCUT2D eigenvalue weighted by Crippen LogP contribution is 2.33. The third-order valence-corrected chi connectivity index (χ3v) is 4.71. The van der Waals surface area contributed by atoms with Crippen molar-refractivity contribution in [1.82, 2.24) is 0 Å². The maximum atomic E-state index is 6.17. The van der Waals surface area contributed by atoms with Crippen molar-refractivity contribution in [3.8, 4) is 0 Å². The lowest BCUT2D eigenvalue weighted by atomic mass is 9.82. The van der Waals surface area contributed by atoms with Crippen LogP contribution in [0.5, 0.6) is 0 Å². The van der Waals surface area contributed by atoms with Gasteiger partial charge in [-0.3, -0.25) is 0 Å². The predicted molar refractivity (Wildman–Crippen MR) is 68.0 cm³/mol. The summed E-state index contributed by atoms with van der Waals surface area (Å²) >= 11 is 2.46. The molecule has 0 spiro atoms. The number of hydrogen-bond donors (Lipinski definition) is 0. The highest BCUT2D eigenvalue weighted by molar-refractivity contribution is 14.1. The number of halogens is 1. The molecule has 0 aromatic heterocycles. The number of rotatable bonds is 2. The summed E-state index contributed by atoms with van der Waals surface area (Å²) in [5, 5.41) is 0. The Bertz CT molecular complexity index is 166. The van der Waals surface area contributed by atoms with Crippen molar-refractivity contribution in [2.24, 2.45) is 5.92 Å². The molecule has 1 aliphatic carbocycles. The van der Waals surface area contributed by atoms with Crippen molar-refractivity contribution in [2.75, 3.05) is 4.43 Å². The van der Waals surface area contributed by atoms with Crippen LogP contribution < -0.4 is 0 Å². The van der Waals surface area contributed by atoms with Crippen LogP contribution in [0, 0.1) is 5.92 Å². The normalized spacial score (nSPS) is 35.8. The molecular weight excluding hydrogens is 287 g/mol. The smallest absolute Gasteiger partial charge is 0.0668 e. The summed E-state index contributed by atoms with van der Waals surface area (Å²) in [7, 11) is 0. The van der Waals surface area contributed by atoms with Crippen LogP contribution in [-0.2, 0) is 4.74 Å². The van der Waals surface area contributed by atoms with Crippen LogP contribution in [0.1, 0.15) is 51.4 Å². The third kappa shape index (κ3) is 2.84. The van der Waals surface area contributed by atoms with E-state index in [1.165, 1.54) is 55.8 Å². The molecule has 1 saturated heterocycles. The Hall–Kier alpha value is 0.690. The second-order valence-corrected chi connectivity index (χ2v) is 5.66. The monoisotopic (exact) mass is 308 g/mol. The van der Waals surface area contributed by atoms with Gasteiger partial charge in [0.25, 0.3) is 0 Å². The third-order valence-electron chi connectivity index (χ3n) is 3.73. The zero-order chi connectivity index (χ0) is 9.80. The fourth-order valence-corrected chi connectivity index (χ4v) is 3.54. The van der Waals surface area contributed by atoms with Gasteiger partial charge in [-0.05, 0) is 38.0 Å². The van der Waals surface area contributed by atoms with Gasteiger partial charge in [0.2, 0.25) is 0 Å². The lowest BCUT2D eigenvalue weighted by molar-refractivity contribution is -0.0723. The molecule has 0 aromatic rings. The van der Waals surface area contributed by atoms with E-state index >= 15 is 0 Å². The first-order valence-electron chi connectivity index (χ1n) is 6.11. The SMILES string of the molecule is ICC1CCCC(C2CCCCC2)O1. The van der Waals surface area contributed by atoms with Crippen LogP contribution in [0.2, 0.25) is 0 Å². The Morgan fingerprint density at radius 3 is 2.43 bits per heavy atom. The Kier molecular flexibility index (Phi) is 4.54. The Balaban J connectivity index is 1.83. The first kappa shape index (κ1) is 11.2. The van der Waals surface area contributed by atoms with E-state index in [0.717, 1.165) is 5.92 Å². The van der Waals surface area contributed by atoms with E-state index in [-0.39, 0.29) is 0 Å². The van der Waals surface area contributed by atoms with Crippen LogP contribution in [0.25, 0.3) is 0 Å². The van der Waals surface area contributed by atoms with E-state index in [9.17, 15) is 0 Å². The molecule has 2 rings (SSSR count). The summed E-state index contributed by atoms with van der Waals surface area (Å²) < 4.78 is 7.35. The molecule has 0 N–H and O–H groups in total. The first-order valence-corrected chi connectivity index (χ1v) is 7.64. The van der Waals surface area contributed by atoms with Gasteiger partial charge in [-0.1, -0.05) is 41.9 Å². The van der Waals surface area contributed by atoms with E-state index in [4.69, 9.17) is 4.74 Å². The summed E-state index contributed by atoms with van der Waals surface area (Å²) in [6, 6.07) is 0. The van der Waals surface area contributed by atoms with E-state index in [1.807, 2.05) is 0 Å². The topological polar surface area (TPSA) is 9.23 Å². The van der Waals surface area contributed by atoms with Gasteiger partial charge in [-0.2, -0.15) is 0 Å². The second-order valence-electron chi connectivity index (χ2n) is 4.78. The maximum absolute atomic E-state index is 6.17. The average molecular weight is 308 g/mol. The lowest BCUT2D eigenvalue weighted by Gasteiger charge is -2.36. The first-order chi connectivity index (χ1) is 6.90. The quantitative estimate of drug-likeness (QED) is 0.554. The van der Waals surface area contributed by atoms with Gasteiger partial charge in [0.15, 0.2) is 0 Å². The molecule has 0 bridgehead atoms. The summed E-state index contributed by atoms with van der Waals surface area (Å²) in [5.74, 6) is 0.898. The van der Waals surface area contributed by atoms with E-state index in [1.54, 1.807) is 0 Å². The molecular formula is C12H21IO. The zero-order valence-corrected chi connectivity index (χ0v) is 11.0. The van der Waals surface area contributed by atoms with Crippen LogP contribution in [0.3, 0.4) is 0 Å². The molecule has 14 heavy (non-hydrogen) atoms. The molecule has 1 aliphatic heterocycles.